The van der Waals surface area contributed by atoms with Crippen LogP contribution < -0.4 is 27.1 Å². The Morgan fingerprint density at radius 2 is 1.96 bits per heavy atom. The van der Waals surface area contributed by atoms with Gasteiger partial charge in [-0.15, -0.1) is 0 Å². The summed E-state index contributed by atoms with van der Waals surface area (Å²) in [4.78, 5) is 36.8. The van der Waals surface area contributed by atoms with E-state index in [1.165, 1.54) is 26.2 Å². The molecule has 24 heavy (non-hydrogen) atoms. The first-order chi connectivity index (χ1) is 11.3. The third kappa shape index (κ3) is 3.27. The summed E-state index contributed by atoms with van der Waals surface area (Å²) in [5.74, 6) is -0.0687. The molecule has 0 aliphatic carbocycles. The molecule has 5 N–H and O–H groups in total. The molecule has 0 aliphatic heterocycles. The van der Waals surface area contributed by atoms with Crippen molar-refractivity contribution in [2.45, 2.75) is 6.92 Å². The van der Waals surface area contributed by atoms with Crippen molar-refractivity contribution in [3.05, 3.63) is 50.7 Å². The Morgan fingerprint density at radius 1 is 1.33 bits per heavy atom. The van der Waals surface area contributed by atoms with Gasteiger partial charge in [0.05, 0.1) is 18.5 Å². The second kappa shape index (κ2) is 6.69. The second-order valence-electron chi connectivity index (χ2n) is 4.66. The van der Waals surface area contributed by atoms with E-state index in [1.807, 2.05) is 5.43 Å². The largest absolute Gasteiger partial charge is 0.497 e. The van der Waals surface area contributed by atoms with Gasteiger partial charge in [-0.2, -0.15) is 5.10 Å². The van der Waals surface area contributed by atoms with Crippen LogP contribution in [0.3, 0.4) is 0 Å². The van der Waals surface area contributed by atoms with E-state index < -0.39 is 23.2 Å². The van der Waals surface area contributed by atoms with Crippen molar-refractivity contribution in [3.8, 4) is 17.3 Å². The standard InChI is InChI=1S/C14H15N5O5/c1-7(17-18-13(15)22)10-11(20)16-14(23)19(12(10)21)8-3-5-9(24-2)6-4-8/h3-6,21H,1-2H3,(H3,15,18,22)(H,16,20,23). The molecule has 0 saturated carbocycles. The van der Waals surface area contributed by atoms with Gasteiger partial charge >= 0.3 is 11.7 Å². The van der Waals surface area contributed by atoms with Gasteiger partial charge in [-0.1, -0.05) is 0 Å². The van der Waals surface area contributed by atoms with Crippen molar-refractivity contribution >= 4 is 11.7 Å². The van der Waals surface area contributed by atoms with Crippen LogP contribution in [0.5, 0.6) is 11.6 Å². The number of methoxy groups -OCH3 is 1. The molecule has 0 unspecified atom stereocenters. The van der Waals surface area contributed by atoms with Crippen molar-refractivity contribution in [2.75, 3.05) is 7.11 Å². The number of nitrogens with one attached hydrogen (secondary N) is 2. The summed E-state index contributed by atoms with van der Waals surface area (Å²) in [6, 6.07) is 5.28. The molecule has 1 aromatic heterocycles. The fourth-order valence-electron chi connectivity index (χ4n) is 2.02. The zero-order chi connectivity index (χ0) is 17.9. The number of aromatic hydroxyl groups is 1. The lowest BCUT2D eigenvalue weighted by Crippen LogP contribution is -2.33. The van der Waals surface area contributed by atoms with Gasteiger partial charge in [-0.05, 0) is 31.2 Å². The molecule has 10 heteroatoms. The lowest BCUT2D eigenvalue weighted by molar-refractivity contribution is 0.249. The fourth-order valence-corrected chi connectivity index (χ4v) is 2.02. The van der Waals surface area contributed by atoms with E-state index in [9.17, 15) is 19.5 Å². The van der Waals surface area contributed by atoms with Crippen LogP contribution in [0.25, 0.3) is 5.69 Å². The summed E-state index contributed by atoms with van der Waals surface area (Å²) in [5.41, 5.74) is 5.14. The summed E-state index contributed by atoms with van der Waals surface area (Å²) in [5, 5.41) is 13.9. The molecule has 0 aliphatic rings. The molecule has 1 heterocycles. The van der Waals surface area contributed by atoms with Crippen LogP contribution in [-0.2, 0) is 0 Å². The van der Waals surface area contributed by atoms with Crippen LogP contribution >= 0.6 is 0 Å². The first-order valence-corrected chi connectivity index (χ1v) is 6.68. The number of carbonyl (C=O) groups excluding carboxylic acids is 1. The second-order valence-corrected chi connectivity index (χ2v) is 4.66. The van der Waals surface area contributed by atoms with Crippen LogP contribution in [0.1, 0.15) is 12.5 Å². The number of H-pyrrole nitrogens is 1. The molecule has 1 aromatic carbocycles. The average molecular weight is 333 g/mol. The number of aromatic amines is 1. The Labute approximate surface area is 135 Å². The number of primary amides is 1. The number of aromatic nitrogens is 2. The van der Waals surface area contributed by atoms with E-state index in [0.717, 1.165) is 4.57 Å². The minimum Gasteiger partial charge on any atom is -0.497 e. The van der Waals surface area contributed by atoms with E-state index in [2.05, 4.69) is 10.1 Å². The zero-order valence-corrected chi connectivity index (χ0v) is 12.9. The molecule has 0 saturated heterocycles. The van der Waals surface area contributed by atoms with Crippen molar-refractivity contribution in [1.29, 1.82) is 0 Å². The predicted octanol–water partition coefficient (Wildman–Crippen LogP) is -0.368. The van der Waals surface area contributed by atoms with Crippen LogP contribution in [0.15, 0.2) is 39.0 Å². The van der Waals surface area contributed by atoms with E-state index >= 15 is 0 Å². The van der Waals surface area contributed by atoms with Gasteiger partial charge in [-0.25, -0.2) is 19.6 Å². The Morgan fingerprint density at radius 3 is 2.50 bits per heavy atom. The Kier molecular flexibility index (Phi) is 4.68. The number of benzene rings is 1. The van der Waals surface area contributed by atoms with Gasteiger partial charge in [0.15, 0.2) is 0 Å². The summed E-state index contributed by atoms with van der Waals surface area (Å²) < 4.78 is 5.91. The maximum Gasteiger partial charge on any atom is 0.335 e. The molecule has 0 spiro atoms. The first-order valence-electron chi connectivity index (χ1n) is 6.68. The topological polar surface area (TPSA) is 152 Å². The number of hydrogen-bond donors (Lipinski definition) is 4. The zero-order valence-electron chi connectivity index (χ0n) is 12.9. The molecule has 2 rings (SSSR count). The number of nitrogens with zero attached hydrogens (tertiary/aromatic N) is 2. The van der Waals surface area contributed by atoms with Crippen molar-refractivity contribution < 1.29 is 14.6 Å². The van der Waals surface area contributed by atoms with Gasteiger partial charge in [-0.3, -0.25) is 9.78 Å². The Balaban J connectivity index is 2.63. The minimum atomic E-state index is -0.936. The molecular formula is C14H15N5O5. The van der Waals surface area contributed by atoms with Gasteiger partial charge in [0.2, 0.25) is 5.88 Å². The monoisotopic (exact) mass is 333 g/mol. The molecule has 0 fully saturated rings. The lowest BCUT2D eigenvalue weighted by Gasteiger charge is -2.11. The van der Waals surface area contributed by atoms with Crippen molar-refractivity contribution in [3.63, 3.8) is 0 Å². The number of hydrazone groups is 1. The number of amides is 2. The van der Waals surface area contributed by atoms with Crippen LogP contribution in [0.4, 0.5) is 4.79 Å². The Hall–Kier alpha value is -3.56. The highest BCUT2D eigenvalue weighted by molar-refractivity contribution is 6.00. The van der Waals surface area contributed by atoms with Crippen LogP contribution in [0.2, 0.25) is 0 Å². The fraction of sp³-hybridized carbons (Fsp3) is 0.143. The van der Waals surface area contributed by atoms with Crippen molar-refractivity contribution in [1.82, 2.24) is 15.0 Å². The smallest absolute Gasteiger partial charge is 0.335 e. The number of hydrogen-bond acceptors (Lipinski definition) is 6. The highest BCUT2D eigenvalue weighted by Crippen LogP contribution is 2.19. The van der Waals surface area contributed by atoms with Crippen LogP contribution in [0, 0.1) is 0 Å². The highest BCUT2D eigenvalue weighted by Gasteiger charge is 2.18. The van der Waals surface area contributed by atoms with E-state index in [1.54, 1.807) is 12.1 Å². The van der Waals surface area contributed by atoms with Gasteiger partial charge in [0.25, 0.3) is 5.56 Å². The molecule has 0 atom stereocenters. The molecule has 10 nitrogen and oxygen atoms in total. The third-order valence-electron chi connectivity index (χ3n) is 3.11. The van der Waals surface area contributed by atoms with Gasteiger partial charge in [0, 0.05) is 0 Å². The normalized spacial score (nSPS) is 11.2. The third-order valence-corrected chi connectivity index (χ3v) is 3.11. The summed E-state index contributed by atoms with van der Waals surface area (Å²) in [6.45, 7) is 1.36. The summed E-state index contributed by atoms with van der Waals surface area (Å²) in [7, 11) is 1.49. The number of carbonyl (C=O) groups is 1. The lowest BCUT2D eigenvalue weighted by atomic mass is 10.2. The quantitative estimate of drug-likeness (QED) is 0.444. The SMILES string of the molecule is COc1ccc(-n2c(O)c(C(C)=NNC(N)=O)c(=O)[nH]c2=O)cc1. The average Bonchev–Trinajstić information content (AvgIpc) is 2.53. The van der Waals surface area contributed by atoms with E-state index in [-0.39, 0.29) is 11.3 Å². The maximum absolute atomic E-state index is 12.0. The van der Waals surface area contributed by atoms with Crippen LogP contribution in [-0.4, -0.2) is 33.5 Å². The minimum absolute atomic E-state index is 0.0326. The number of urea groups is 1. The van der Waals surface area contributed by atoms with Gasteiger partial charge in [0.1, 0.15) is 11.3 Å². The number of ether oxygens (including phenoxy) is 1. The maximum atomic E-state index is 12.0. The first kappa shape index (κ1) is 16.8. The molecule has 2 amide bonds. The van der Waals surface area contributed by atoms with Gasteiger partial charge < -0.3 is 15.6 Å². The molecule has 126 valence electrons. The molecule has 0 radical (unpaired) electrons. The van der Waals surface area contributed by atoms with E-state index in [0.29, 0.717) is 11.4 Å². The Bertz CT molecular complexity index is 911. The predicted molar refractivity (Wildman–Crippen MR) is 85.8 cm³/mol. The molecular weight excluding hydrogens is 318 g/mol. The summed E-state index contributed by atoms with van der Waals surface area (Å²) >= 11 is 0. The summed E-state index contributed by atoms with van der Waals surface area (Å²) in [6.07, 6.45) is 0. The molecule has 0 bridgehead atoms. The van der Waals surface area contributed by atoms with E-state index in [4.69, 9.17) is 10.5 Å². The van der Waals surface area contributed by atoms with Crippen molar-refractivity contribution in [2.24, 2.45) is 10.8 Å². The number of nitrogens with two attached hydrogens (primary N) is 1. The molecule has 2 aromatic rings. The number of rotatable bonds is 4. The highest BCUT2D eigenvalue weighted by atomic mass is 16.5.